The molecular weight excluding hydrogens is 463 g/mol. The molecular formula is C23H16ClFN6O3. The number of carbonyl (C=O) groups is 1. The minimum Gasteiger partial charge on any atom is -0.378 e. The summed E-state index contributed by atoms with van der Waals surface area (Å²) < 4.78 is 21.2. The molecule has 9 nitrogen and oxygen atoms in total. The first-order chi connectivity index (χ1) is 16.5. The number of nitrogens with zero attached hydrogens (tertiary/aromatic N) is 5. The average Bonchev–Trinajstić information content (AvgIpc) is 3.20. The Morgan fingerprint density at radius 3 is 2.53 bits per heavy atom. The number of nitrogens with one attached hydrogen (secondary N) is 1. The Labute approximate surface area is 196 Å². The number of halogens is 2. The summed E-state index contributed by atoms with van der Waals surface area (Å²) in [7, 11) is 1.53. The Balaban J connectivity index is 1.61. The molecule has 34 heavy (non-hydrogen) atoms. The van der Waals surface area contributed by atoms with Crippen molar-refractivity contribution in [1.82, 2.24) is 24.5 Å². The molecule has 170 valence electrons. The van der Waals surface area contributed by atoms with Crippen LogP contribution in [0.1, 0.15) is 16.1 Å². The Morgan fingerprint density at radius 2 is 1.82 bits per heavy atom. The molecule has 3 aromatic heterocycles. The fraction of sp³-hybridized carbons (Fsp3) is 0.0870. The highest BCUT2D eigenvalue weighted by Gasteiger charge is 2.20. The molecule has 0 saturated heterocycles. The van der Waals surface area contributed by atoms with Gasteiger partial charge >= 0.3 is 0 Å². The second kappa shape index (κ2) is 8.65. The van der Waals surface area contributed by atoms with E-state index in [0.717, 1.165) is 4.68 Å². The lowest BCUT2D eigenvalue weighted by molar-refractivity contribution is 0.101. The topological polar surface area (TPSA) is 103 Å². The lowest BCUT2D eigenvalue weighted by Crippen LogP contribution is -2.33. The van der Waals surface area contributed by atoms with Crippen LogP contribution < -0.4 is 11.0 Å². The second-order valence-electron chi connectivity index (χ2n) is 7.37. The third kappa shape index (κ3) is 3.78. The number of hydrogen-bond acceptors (Lipinski definition) is 6. The number of hydrogen-bond donors (Lipinski definition) is 1. The molecule has 0 fully saturated rings. The fourth-order valence-corrected chi connectivity index (χ4v) is 3.73. The summed E-state index contributed by atoms with van der Waals surface area (Å²) in [6, 6.07) is 13.8. The van der Waals surface area contributed by atoms with Gasteiger partial charge in [0, 0.05) is 23.9 Å². The van der Waals surface area contributed by atoms with Gasteiger partial charge in [-0.1, -0.05) is 23.7 Å². The van der Waals surface area contributed by atoms with E-state index in [4.69, 9.17) is 16.3 Å². The number of methoxy groups -OCH3 is 1. The predicted molar refractivity (Wildman–Crippen MR) is 124 cm³/mol. The third-order valence-corrected chi connectivity index (χ3v) is 5.45. The SMILES string of the molecule is COCc1nn2c(nnc3c(=O)n(NC(=O)c4ccc(Cl)cc4)ccc32)c1-c1ccc(F)cc1. The van der Waals surface area contributed by atoms with Crippen molar-refractivity contribution in [2.24, 2.45) is 0 Å². The Hall–Kier alpha value is -4.15. The van der Waals surface area contributed by atoms with E-state index in [0.29, 0.717) is 38.6 Å². The van der Waals surface area contributed by atoms with E-state index in [2.05, 4.69) is 20.7 Å². The number of rotatable bonds is 5. The molecule has 11 heteroatoms. The standard InChI is InChI=1S/C23H16ClFN6O3/c1-34-12-17-19(13-4-8-16(25)9-5-13)21-27-26-20-18(31(21)28-17)10-11-30(23(20)33)29-22(32)14-2-6-15(24)7-3-14/h2-11H,12H2,1H3,(H,29,32). The van der Waals surface area contributed by atoms with Crippen molar-refractivity contribution in [1.29, 1.82) is 0 Å². The van der Waals surface area contributed by atoms with Crippen LogP contribution in [0.25, 0.3) is 27.8 Å². The van der Waals surface area contributed by atoms with Gasteiger partial charge in [0.05, 0.1) is 17.9 Å². The van der Waals surface area contributed by atoms with Gasteiger partial charge in [-0.05, 0) is 48.0 Å². The van der Waals surface area contributed by atoms with E-state index < -0.39 is 11.5 Å². The number of aromatic nitrogens is 5. The lowest BCUT2D eigenvalue weighted by atomic mass is 10.1. The molecule has 5 aromatic rings. The van der Waals surface area contributed by atoms with Crippen LogP contribution >= 0.6 is 11.6 Å². The van der Waals surface area contributed by atoms with Gasteiger partial charge in [0.15, 0.2) is 11.2 Å². The zero-order valence-corrected chi connectivity index (χ0v) is 18.5. The molecule has 0 aliphatic rings. The van der Waals surface area contributed by atoms with Crippen LogP contribution in [0.4, 0.5) is 4.39 Å². The maximum Gasteiger partial charge on any atom is 0.299 e. The number of ether oxygens (including phenoxy) is 1. The molecule has 0 radical (unpaired) electrons. The van der Waals surface area contributed by atoms with Gasteiger partial charge in [-0.15, -0.1) is 10.2 Å². The van der Waals surface area contributed by atoms with Gasteiger partial charge < -0.3 is 4.74 Å². The first-order valence-corrected chi connectivity index (χ1v) is 10.5. The van der Waals surface area contributed by atoms with Crippen LogP contribution in [-0.4, -0.2) is 37.5 Å². The molecule has 0 aliphatic heterocycles. The van der Waals surface area contributed by atoms with E-state index in [1.54, 1.807) is 42.5 Å². The zero-order chi connectivity index (χ0) is 23.8. The van der Waals surface area contributed by atoms with Gasteiger partial charge in [-0.3, -0.25) is 15.0 Å². The van der Waals surface area contributed by atoms with Crippen LogP contribution in [-0.2, 0) is 11.3 Å². The molecule has 0 spiro atoms. The van der Waals surface area contributed by atoms with Gasteiger partial charge in [-0.2, -0.15) is 5.10 Å². The van der Waals surface area contributed by atoms with E-state index in [1.165, 1.54) is 30.0 Å². The maximum atomic E-state index is 13.5. The summed E-state index contributed by atoms with van der Waals surface area (Å²) >= 11 is 5.86. The van der Waals surface area contributed by atoms with Crippen LogP contribution in [0.15, 0.2) is 65.6 Å². The number of amides is 1. The van der Waals surface area contributed by atoms with Gasteiger partial charge in [0.2, 0.25) is 0 Å². The van der Waals surface area contributed by atoms with E-state index >= 15 is 0 Å². The van der Waals surface area contributed by atoms with Crippen molar-refractivity contribution in [3.05, 3.63) is 93.2 Å². The highest BCUT2D eigenvalue weighted by molar-refractivity contribution is 6.30. The van der Waals surface area contributed by atoms with Gasteiger partial charge in [-0.25, -0.2) is 13.6 Å². The van der Waals surface area contributed by atoms with Crippen LogP contribution in [0, 0.1) is 5.82 Å². The Morgan fingerprint density at radius 1 is 1.09 bits per heavy atom. The van der Waals surface area contributed by atoms with Crippen molar-refractivity contribution in [2.45, 2.75) is 6.61 Å². The van der Waals surface area contributed by atoms with Crippen molar-refractivity contribution >= 4 is 34.2 Å². The smallest absolute Gasteiger partial charge is 0.299 e. The zero-order valence-electron chi connectivity index (χ0n) is 17.7. The van der Waals surface area contributed by atoms with Gasteiger partial charge in [0.1, 0.15) is 11.3 Å². The Bertz CT molecular complexity index is 1600. The maximum absolute atomic E-state index is 13.5. The molecule has 0 aliphatic carbocycles. The lowest BCUT2D eigenvalue weighted by Gasteiger charge is -2.09. The normalized spacial score (nSPS) is 11.3. The van der Waals surface area contributed by atoms with Crippen molar-refractivity contribution in [2.75, 3.05) is 12.5 Å². The third-order valence-electron chi connectivity index (χ3n) is 5.19. The van der Waals surface area contributed by atoms with Crippen LogP contribution in [0.2, 0.25) is 5.02 Å². The van der Waals surface area contributed by atoms with Crippen molar-refractivity contribution in [3.63, 3.8) is 0 Å². The van der Waals surface area contributed by atoms with E-state index in [-0.39, 0.29) is 17.9 Å². The molecule has 1 amide bonds. The fourth-order valence-electron chi connectivity index (χ4n) is 3.60. The number of benzene rings is 2. The largest absolute Gasteiger partial charge is 0.378 e. The van der Waals surface area contributed by atoms with Crippen LogP contribution in [0.5, 0.6) is 0 Å². The Kier molecular flexibility index (Phi) is 5.52. The molecule has 0 saturated carbocycles. The highest BCUT2D eigenvalue weighted by atomic mass is 35.5. The quantitative estimate of drug-likeness (QED) is 0.415. The minimum atomic E-state index is -0.582. The summed E-state index contributed by atoms with van der Waals surface area (Å²) in [4.78, 5) is 25.6. The summed E-state index contributed by atoms with van der Waals surface area (Å²) in [6.45, 7) is 0.172. The molecule has 2 aromatic carbocycles. The average molecular weight is 479 g/mol. The van der Waals surface area contributed by atoms with Gasteiger partial charge in [0.25, 0.3) is 11.5 Å². The molecule has 0 bridgehead atoms. The van der Waals surface area contributed by atoms with E-state index in [9.17, 15) is 14.0 Å². The predicted octanol–water partition coefficient (Wildman–Crippen LogP) is 3.43. The minimum absolute atomic E-state index is 0.00327. The molecule has 0 atom stereocenters. The number of carbonyl (C=O) groups excluding carboxylic acids is 1. The molecule has 3 heterocycles. The monoisotopic (exact) mass is 478 g/mol. The van der Waals surface area contributed by atoms with Crippen LogP contribution in [0.3, 0.4) is 0 Å². The first-order valence-electron chi connectivity index (χ1n) is 10.1. The molecule has 1 N–H and O–H groups in total. The number of fused-ring (bicyclic) bond motifs is 3. The highest BCUT2D eigenvalue weighted by Crippen LogP contribution is 2.29. The van der Waals surface area contributed by atoms with E-state index in [1.807, 2.05) is 0 Å². The second-order valence-corrected chi connectivity index (χ2v) is 7.81. The van der Waals surface area contributed by atoms with Crippen molar-refractivity contribution < 1.29 is 13.9 Å². The summed E-state index contributed by atoms with van der Waals surface area (Å²) in [6.07, 6.45) is 1.41. The number of pyridine rings is 1. The summed E-state index contributed by atoms with van der Waals surface area (Å²) in [5.74, 6) is -0.863. The summed E-state index contributed by atoms with van der Waals surface area (Å²) in [5.41, 5.74) is 4.90. The molecule has 5 rings (SSSR count). The van der Waals surface area contributed by atoms with Crippen molar-refractivity contribution in [3.8, 4) is 11.1 Å². The first kappa shape index (κ1) is 21.7. The summed E-state index contributed by atoms with van der Waals surface area (Å²) in [5, 5.41) is 13.4. The molecule has 0 unspecified atom stereocenters.